The number of benzene rings is 2. The van der Waals surface area contributed by atoms with Crippen molar-refractivity contribution in [1.29, 1.82) is 0 Å². The molecule has 2 heterocycles. The number of imidazole rings is 1. The predicted molar refractivity (Wildman–Crippen MR) is 126 cm³/mol. The Morgan fingerprint density at radius 3 is 2.69 bits per heavy atom. The monoisotopic (exact) mass is 448 g/mol. The summed E-state index contributed by atoms with van der Waals surface area (Å²) in [6.07, 6.45) is 3.45. The van der Waals surface area contributed by atoms with Crippen LogP contribution in [0.5, 0.6) is 11.5 Å². The van der Waals surface area contributed by atoms with E-state index in [1.807, 2.05) is 22.8 Å². The standard InChI is InChI=1S/C24H24N4O3S/c1-16-6-4-5-7-17(16)15-32-24-27-19-10-11-25-13-20(19)28(24)14-23(29)26-18-8-9-21(30-2)22(12-18)31-3/h4-13H,14-15H2,1-3H3,(H,26,29). The van der Waals surface area contributed by atoms with Crippen LogP contribution in [-0.4, -0.2) is 34.7 Å². The van der Waals surface area contributed by atoms with Gasteiger partial charge in [0.1, 0.15) is 6.54 Å². The number of anilines is 1. The van der Waals surface area contributed by atoms with E-state index in [9.17, 15) is 4.79 Å². The third-order valence-corrected chi connectivity index (χ3v) is 6.13. The summed E-state index contributed by atoms with van der Waals surface area (Å²) in [5, 5.41) is 3.70. The molecule has 4 rings (SSSR count). The topological polar surface area (TPSA) is 78.3 Å². The first-order chi connectivity index (χ1) is 15.6. The zero-order valence-corrected chi connectivity index (χ0v) is 19.0. The van der Waals surface area contributed by atoms with Gasteiger partial charge in [0, 0.05) is 23.7 Å². The molecule has 0 aliphatic heterocycles. The fourth-order valence-corrected chi connectivity index (χ4v) is 4.47. The van der Waals surface area contributed by atoms with Crippen LogP contribution < -0.4 is 14.8 Å². The van der Waals surface area contributed by atoms with Gasteiger partial charge in [0.25, 0.3) is 0 Å². The lowest BCUT2D eigenvalue weighted by Gasteiger charge is -2.12. The quantitative estimate of drug-likeness (QED) is 0.394. The Kier molecular flexibility index (Phi) is 6.61. The molecule has 2 aromatic carbocycles. The Bertz CT molecular complexity index is 1260. The van der Waals surface area contributed by atoms with Gasteiger partial charge >= 0.3 is 0 Å². The van der Waals surface area contributed by atoms with E-state index < -0.39 is 0 Å². The van der Waals surface area contributed by atoms with Crippen molar-refractivity contribution in [2.24, 2.45) is 0 Å². The predicted octanol–water partition coefficient (Wildman–Crippen LogP) is 4.69. The van der Waals surface area contributed by atoms with Crippen LogP contribution in [0.2, 0.25) is 0 Å². The van der Waals surface area contributed by atoms with Gasteiger partial charge in [0.15, 0.2) is 16.7 Å². The number of methoxy groups -OCH3 is 2. The largest absolute Gasteiger partial charge is 0.493 e. The first-order valence-electron chi connectivity index (χ1n) is 10.1. The third-order valence-electron chi connectivity index (χ3n) is 5.10. The molecule has 4 aromatic rings. The average molecular weight is 449 g/mol. The van der Waals surface area contributed by atoms with Gasteiger partial charge in [0.2, 0.25) is 5.91 Å². The number of nitrogens with zero attached hydrogens (tertiary/aromatic N) is 3. The van der Waals surface area contributed by atoms with Gasteiger partial charge in [0.05, 0.1) is 31.4 Å². The SMILES string of the molecule is COc1ccc(NC(=O)Cn2c(SCc3ccccc3C)nc3ccncc32)cc1OC. The molecule has 32 heavy (non-hydrogen) atoms. The van der Waals surface area contributed by atoms with Crippen molar-refractivity contribution in [3.8, 4) is 11.5 Å². The molecule has 0 fully saturated rings. The summed E-state index contributed by atoms with van der Waals surface area (Å²) in [6.45, 7) is 2.21. The van der Waals surface area contributed by atoms with Crippen molar-refractivity contribution in [3.63, 3.8) is 0 Å². The summed E-state index contributed by atoms with van der Waals surface area (Å²) in [7, 11) is 3.14. The number of ether oxygens (including phenoxy) is 2. The average Bonchev–Trinajstić information content (AvgIpc) is 3.15. The summed E-state index contributed by atoms with van der Waals surface area (Å²) in [6, 6.07) is 15.4. The third kappa shape index (κ3) is 4.70. The van der Waals surface area contributed by atoms with Crippen LogP contribution in [0, 0.1) is 6.92 Å². The van der Waals surface area contributed by atoms with E-state index in [4.69, 9.17) is 14.5 Å². The number of aryl methyl sites for hydroxylation is 1. The van der Waals surface area contributed by atoms with E-state index in [0.717, 1.165) is 21.9 Å². The van der Waals surface area contributed by atoms with Gasteiger partial charge in [-0.1, -0.05) is 36.0 Å². The second-order valence-electron chi connectivity index (χ2n) is 7.18. The van der Waals surface area contributed by atoms with Crippen molar-refractivity contribution in [3.05, 3.63) is 72.1 Å². The summed E-state index contributed by atoms with van der Waals surface area (Å²) >= 11 is 1.61. The molecular formula is C24H24N4O3S. The lowest BCUT2D eigenvalue weighted by molar-refractivity contribution is -0.116. The van der Waals surface area contributed by atoms with Gasteiger partial charge in [-0.15, -0.1) is 0 Å². The van der Waals surface area contributed by atoms with Gasteiger partial charge in [-0.2, -0.15) is 0 Å². The molecule has 0 radical (unpaired) electrons. The number of carbonyl (C=O) groups excluding carboxylic acids is 1. The molecule has 0 atom stereocenters. The molecule has 1 amide bonds. The number of amides is 1. The second kappa shape index (κ2) is 9.74. The van der Waals surface area contributed by atoms with E-state index in [-0.39, 0.29) is 12.5 Å². The van der Waals surface area contributed by atoms with Crippen molar-refractivity contribution in [1.82, 2.24) is 14.5 Å². The number of fused-ring (bicyclic) bond motifs is 1. The molecule has 0 aliphatic rings. The van der Waals surface area contributed by atoms with Crippen LogP contribution in [0.15, 0.2) is 66.1 Å². The summed E-state index contributed by atoms with van der Waals surface area (Å²) in [5.74, 6) is 1.75. The molecule has 0 spiro atoms. The fourth-order valence-electron chi connectivity index (χ4n) is 3.38. The summed E-state index contributed by atoms with van der Waals surface area (Å²) in [4.78, 5) is 21.9. The van der Waals surface area contributed by atoms with Crippen LogP contribution in [-0.2, 0) is 17.1 Å². The van der Waals surface area contributed by atoms with Crippen molar-refractivity contribution < 1.29 is 14.3 Å². The molecule has 0 aliphatic carbocycles. The van der Waals surface area contributed by atoms with Crippen LogP contribution in [0.25, 0.3) is 11.0 Å². The minimum Gasteiger partial charge on any atom is -0.493 e. The Morgan fingerprint density at radius 2 is 1.91 bits per heavy atom. The number of hydrogen-bond acceptors (Lipinski definition) is 6. The highest BCUT2D eigenvalue weighted by Crippen LogP contribution is 2.30. The van der Waals surface area contributed by atoms with Crippen LogP contribution in [0.1, 0.15) is 11.1 Å². The first kappa shape index (κ1) is 21.7. The van der Waals surface area contributed by atoms with Crippen LogP contribution >= 0.6 is 11.8 Å². The van der Waals surface area contributed by atoms with Gasteiger partial charge in [-0.3, -0.25) is 9.78 Å². The molecule has 0 bridgehead atoms. The number of nitrogens with one attached hydrogen (secondary N) is 1. The lowest BCUT2D eigenvalue weighted by Crippen LogP contribution is -2.19. The zero-order chi connectivity index (χ0) is 22.5. The van der Waals surface area contributed by atoms with Gasteiger partial charge in [-0.05, 0) is 36.2 Å². The van der Waals surface area contributed by atoms with E-state index in [1.165, 1.54) is 11.1 Å². The van der Waals surface area contributed by atoms with E-state index in [1.54, 1.807) is 56.6 Å². The summed E-state index contributed by atoms with van der Waals surface area (Å²) in [5.41, 5.74) is 4.73. The number of hydrogen-bond donors (Lipinski definition) is 1. The normalized spacial score (nSPS) is 10.8. The van der Waals surface area contributed by atoms with Crippen molar-refractivity contribution in [2.45, 2.75) is 24.4 Å². The zero-order valence-electron chi connectivity index (χ0n) is 18.2. The Hall–Kier alpha value is -3.52. The number of thioether (sulfide) groups is 1. The molecule has 2 aromatic heterocycles. The number of rotatable bonds is 8. The molecular weight excluding hydrogens is 424 g/mol. The highest BCUT2D eigenvalue weighted by Gasteiger charge is 2.16. The Morgan fingerprint density at radius 1 is 1.09 bits per heavy atom. The van der Waals surface area contributed by atoms with Gasteiger partial charge < -0.3 is 19.4 Å². The maximum Gasteiger partial charge on any atom is 0.244 e. The van der Waals surface area contributed by atoms with Crippen LogP contribution in [0.4, 0.5) is 5.69 Å². The molecule has 164 valence electrons. The first-order valence-corrected chi connectivity index (χ1v) is 11.1. The minimum absolute atomic E-state index is 0.118. The molecule has 1 N–H and O–H groups in total. The fraction of sp³-hybridized carbons (Fsp3) is 0.208. The Labute approximate surface area is 190 Å². The van der Waals surface area contributed by atoms with E-state index in [0.29, 0.717) is 17.2 Å². The van der Waals surface area contributed by atoms with Gasteiger partial charge in [-0.25, -0.2) is 4.98 Å². The molecule has 0 unspecified atom stereocenters. The molecule has 0 saturated heterocycles. The van der Waals surface area contributed by atoms with E-state index in [2.05, 4.69) is 29.4 Å². The second-order valence-corrected chi connectivity index (χ2v) is 8.12. The number of aromatic nitrogens is 3. The highest BCUT2D eigenvalue weighted by atomic mass is 32.2. The smallest absolute Gasteiger partial charge is 0.244 e. The summed E-state index contributed by atoms with van der Waals surface area (Å²) < 4.78 is 12.5. The molecule has 8 heteroatoms. The molecule has 7 nitrogen and oxygen atoms in total. The van der Waals surface area contributed by atoms with Crippen LogP contribution in [0.3, 0.4) is 0 Å². The maximum absolute atomic E-state index is 12.9. The van der Waals surface area contributed by atoms with Crippen molar-refractivity contribution >= 4 is 34.4 Å². The Balaban J connectivity index is 1.56. The minimum atomic E-state index is -0.168. The van der Waals surface area contributed by atoms with E-state index >= 15 is 0 Å². The lowest BCUT2D eigenvalue weighted by atomic mass is 10.1. The number of carbonyl (C=O) groups is 1. The number of pyridine rings is 1. The molecule has 0 saturated carbocycles. The van der Waals surface area contributed by atoms with Crippen molar-refractivity contribution in [2.75, 3.05) is 19.5 Å². The highest BCUT2D eigenvalue weighted by molar-refractivity contribution is 7.98. The maximum atomic E-state index is 12.9.